The van der Waals surface area contributed by atoms with E-state index in [0.29, 0.717) is 19.4 Å². The fourth-order valence-electron chi connectivity index (χ4n) is 4.56. The molecule has 1 aromatic rings. The lowest BCUT2D eigenvalue weighted by Gasteiger charge is -2.36. The van der Waals surface area contributed by atoms with Crippen LogP contribution in [0.1, 0.15) is 38.5 Å². The van der Waals surface area contributed by atoms with E-state index in [9.17, 15) is 14.4 Å². The first kappa shape index (κ1) is 20.9. The molecule has 3 aliphatic rings. The Kier molecular flexibility index (Phi) is 6.15. The first-order valence-corrected chi connectivity index (χ1v) is 11.0. The average molecular weight is 434 g/mol. The molecule has 162 valence electrons. The zero-order chi connectivity index (χ0) is 21.1. The Morgan fingerprint density at radius 1 is 1.10 bits per heavy atom. The van der Waals surface area contributed by atoms with Crippen LogP contribution in [0.15, 0.2) is 24.3 Å². The van der Waals surface area contributed by atoms with Gasteiger partial charge in [-0.3, -0.25) is 19.9 Å². The highest BCUT2D eigenvalue weighted by Crippen LogP contribution is 2.33. The van der Waals surface area contributed by atoms with E-state index in [0.717, 1.165) is 61.2 Å². The summed E-state index contributed by atoms with van der Waals surface area (Å²) in [5, 5.41) is 4.41. The van der Waals surface area contributed by atoms with Crippen molar-refractivity contribution in [3.63, 3.8) is 0 Å². The first-order chi connectivity index (χ1) is 14.5. The fourth-order valence-corrected chi connectivity index (χ4v) is 4.74. The number of hydrazine groups is 1. The zero-order valence-electron chi connectivity index (χ0n) is 17.0. The number of carbonyl (C=O) groups is 3. The number of benzene rings is 1. The molecule has 2 heterocycles. The summed E-state index contributed by atoms with van der Waals surface area (Å²) in [5.74, 6) is -0.640. The van der Waals surface area contributed by atoms with E-state index < -0.39 is 11.6 Å². The maximum atomic E-state index is 12.7. The van der Waals surface area contributed by atoms with Crippen LogP contribution in [0, 0.1) is 0 Å². The van der Waals surface area contributed by atoms with Crippen LogP contribution < -0.4 is 15.6 Å². The van der Waals surface area contributed by atoms with Crippen molar-refractivity contribution in [1.82, 2.24) is 20.7 Å². The second kappa shape index (κ2) is 8.81. The van der Waals surface area contributed by atoms with E-state index in [1.165, 1.54) is 0 Å². The number of carbonyl (C=O) groups excluding carboxylic acids is 3. The van der Waals surface area contributed by atoms with E-state index in [-0.39, 0.29) is 18.2 Å². The van der Waals surface area contributed by atoms with Gasteiger partial charge < -0.3 is 10.2 Å². The molecule has 0 aromatic heterocycles. The van der Waals surface area contributed by atoms with Crippen molar-refractivity contribution in [1.29, 1.82) is 0 Å². The zero-order valence-corrected chi connectivity index (χ0v) is 17.8. The number of imide groups is 1. The molecule has 0 unspecified atom stereocenters. The second-order valence-electron chi connectivity index (χ2n) is 8.31. The first-order valence-electron chi connectivity index (χ1n) is 10.7. The molecule has 1 aliphatic carbocycles. The van der Waals surface area contributed by atoms with Crippen molar-refractivity contribution in [2.24, 2.45) is 0 Å². The molecule has 0 atom stereocenters. The van der Waals surface area contributed by atoms with Crippen LogP contribution >= 0.6 is 11.6 Å². The molecule has 4 amide bonds. The highest BCUT2D eigenvalue weighted by atomic mass is 35.5. The van der Waals surface area contributed by atoms with E-state index >= 15 is 0 Å². The number of piperazine rings is 1. The molecule has 1 aromatic carbocycles. The van der Waals surface area contributed by atoms with Crippen molar-refractivity contribution < 1.29 is 14.4 Å². The van der Waals surface area contributed by atoms with Gasteiger partial charge in [0.1, 0.15) is 5.54 Å². The summed E-state index contributed by atoms with van der Waals surface area (Å²) in [6.07, 6.45) is 4.41. The molecule has 1 spiro atoms. The Hall–Kier alpha value is -2.32. The largest absolute Gasteiger partial charge is 0.369 e. The summed E-state index contributed by atoms with van der Waals surface area (Å²) in [4.78, 5) is 41.9. The Labute approximate surface area is 181 Å². The Bertz CT molecular complexity index is 819. The molecule has 2 saturated heterocycles. The van der Waals surface area contributed by atoms with Gasteiger partial charge in [0, 0.05) is 49.9 Å². The molecule has 4 rings (SSSR count). The molecule has 30 heavy (non-hydrogen) atoms. The lowest BCUT2D eigenvalue weighted by molar-refractivity contribution is -0.140. The van der Waals surface area contributed by atoms with E-state index in [4.69, 9.17) is 11.6 Å². The van der Waals surface area contributed by atoms with Crippen molar-refractivity contribution >= 4 is 35.1 Å². The summed E-state index contributed by atoms with van der Waals surface area (Å²) in [7, 11) is 0. The summed E-state index contributed by atoms with van der Waals surface area (Å²) in [6.45, 7) is 3.98. The highest BCUT2D eigenvalue weighted by Gasteiger charge is 2.52. The predicted molar refractivity (Wildman–Crippen MR) is 114 cm³/mol. The third kappa shape index (κ3) is 4.39. The minimum absolute atomic E-state index is 0.237. The molecule has 9 heteroatoms. The monoisotopic (exact) mass is 433 g/mol. The van der Waals surface area contributed by atoms with Crippen LogP contribution in [-0.4, -0.2) is 66.0 Å². The maximum Gasteiger partial charge on any atom is 0.344 e. The average Bonchev–Trinajstić information content (AvgIpc) is 2.97. The van der Waals surface area contributed by atoms with Crippen LogP contribution in [0.4, 0.5) is 10.5 Å². The molecule has 2 aliphatic heterocycles. The number of urea groups is 1. The second-order valence-corrected chi connectivity index (χ2v) is 8.74. The molecular formula is C21H28ClN5O3. The fraction of sp³-hybridized carbons (Fsp3) is 0.571. The number of hydrogen-bond donors (Lipinski definition) is 2. The summed E-state index contributed by atoms with van der Waals surface area (Å²) in [6, 6.07) is 7.29. The lowest BCUT2D eigenvalue weighted by Crippen LogP contribution is -2.51. The van der Waals surface area contributed by atoms with Gasteiger partial charge in [0.25, 0.3) is 5.91 Å². The van der Waals surface area contributed by atoms with Crippen LogP contribution in [0.25, 0.3) is 0 Å². The third-order valence-electron chi connectivity index (χ3n) is 6.31. The van der Waals surface area contributed by atoms with Gasteiger partial charge in [-0.05, 0) is 31.0 Å². The molecule has 1 saturated carbocycles. The number of anilines is 1. The lowest BCUT2D eigenvalue weighted by atomic mass is 9.82. The van der Waals surface area contributed by atoms with Gasteiger partial charge in [-0.25, -0.2) is 4.79 Å². The minimum atomic E-state index is -0.820. The standard InChI is InChI=1S/C21H28ClN5O3/c22-16-5-4-6-17(15-16)26-13-11-25(12-14-26)10-7-18(28)24-27-19(29)21(23-20(27)30)8-2-1-3-9-21/h4-6,15H,1-3,7-14H2,(H,23,30)(H,24,28). The molecule has 0 radical (unpaired) electrons. The molecule has 3 fully saturated rings. The number of amides is 4. The normalized spacial score (nSPS) is 21.8. The van der Waals surface area contributed by atoms with Gasteiger partial charge >= 0.3 is 6.03 Å². The number of rotatable bonds is 5. The van der Waals surface area contributed by atoms with Crippen molar-refractivity contribution in [2.75, 3.05) is 37.6 Å². The molecule has 2 N–H and O–H groups in total. The van der Waals surface area contributed by atoms with Crippen LogP contribution in [0.2, 0.25) is 5.02 Å². The number of nitrogens with one attached hydrogen (secondary N) is 2. The van der Waals surface area contributed by atoms with E-state index in [1.54, 1.807) is 0 Å². The van der Waals surface area contributed by atoms with E-state index in [2.05, 4.69) is 20.5 Å². The minimum Gasteiger partial charge on any atom is -0.369 e. The number of hydrogen-bond acceptors (Lipinski definition) is 5. The quantitative estimate of drug-likeness (QED) is 0.695. The molecule has 8 nitrogen and oxygen atoms in total. The van der Waals surface area contributed by atoms with Crippen molar-refractivity contribution in [3.8, 4) is 0 Å². The van der Waals surface area contributed by atoms with Crippen LogP contribution in [0.5, 0.6) is 0 Å². The van der Waals surface area contributed by atoms with Gasteiger partial charge in [-0.2, -0.15) is 5.01 Å². The Morgan fingerprint density at radius 2 is 1.83 bits per heavy atom. The highest BCUT2D eigenvalue weighted by molar-refractivity contribution is 6.30. The predicted octanol–water partition coefficient (Wildman–Crippen LogP) is 2.14. The topological polar surface area (TPSA) is 85.0 Å². The van der Waals surface area contributed by atoms with Gasteiger partial charge in [0.2, 0.25) is 5.91 Å². The van der Waals surface area contributed by atoms with Gasteiger partial charge in [-0.15, -0.1) is 0 Å². The SMILES string of the molecule is O=C(CCN1CCN(c2cccc(Cl)c2)CC1)NN1C(=O)NC2(CCCCC2)C1=O. The van der Waals surface area contributed by atoms with Crippen LogP contribution in [0.3, 0.4) is 0 Å². The molecular weight excluding hydrogens is 406 g/mol. The number of halogens is 1. The van der Waals surface area contributed by atoms with E-state index in [1.807, 2.05) is 24.3 Å². The smallest absolute Gasteiger partial charge is 0.344 e. The Morgan fingerprint density at radius 3 is 2.53 bits per heavy atom. The third-order valence-corrected chi connectivity index (χ3v) is 6.54. The van der Waals surface area contributed by atoms with Gasteiger partial charge in [0.15, 0.2) is 0 Å². The molecule has 0 bridgehead atoms. The summed E-state index contributed by atoms with van der Waals surface area (Å²) < 4.78 is 0. The van der Waals surface area contributed by atoms with Gasteiger partial charge in [-0.1, -0.05) is 36.9 Å². The Balaban J connectivity index is 1.23. The number of nitrogens with zero attached hydrogens (tertiary/aromatic N) is 3. The summed E-state index contributed by atoms with van der Waals surface area (Å²) >= 11 is 6.08. The maximum absolute atomic E-state index is 12.7. The van der Waals surface area contributed by atoms with Gasteiger partial charge in [0.05, 0.1) is 0 Å². The summed E-state index contributed by atoms with van der Waals surface area (Å²) in [5.41, 5.74) is 2.80. The van der Waals surface area contributed by atoms with Crippen molar-refractivity contribution in [3.05, 3.63) is 29.3 Å². The van der Waals surface area contributed by atoms with Crippen LogP contribution in [-0.2, 0) is 9.59 Å². The van der Waals surface area contributed by atoms with Crippen molar-refractivity contribution in [2.45, 2.75) is 44.1 Å².